The average Bonchev–Trinajstić information content (AvgIpc) is 3.42. The molecule has 188 valence electrons. The molecular weight excluding hydrogens is 478 g/mol. The number of anilines is 2. The molecule has 5 rings (SSSR count). The summed E-state index contributed by atoms with van der Waals surface area (Å²) in [6, 6.07) is 5.58. The Morgan fingerprint density at radius 3 is 2.75 bits per heavy atom. The van der Waals surface area contributed by atoms with Crippen LogP contribution in [0.5, 0.6) is 0 Å². The number of nitrogens with zero attached hydrogens (tertiary/aromatic N) is 8. The SMILES string of the molecule is C=CCn1c(=O)c2cnc(Nc3cnn(C4CCCCC4)c3)nc2n1-c1cccc(N=S(C)(C)=O)n1. The van der Waals surface area contributed by atoms with Crippen molar-refractivity contribution in [3.05, 3.63) is 59.8 Å². The van der Waals surface area contributed by atoms with Gasteiger partial charge in [-0.3, -0.25) is 9.48 Å². The third kappa shape index (κ3) is 4.94. The first-order valence-electron chi connectivity index (χ1n) is 11.9. The van der Waals surface area contributed by atoms with Crippen LogP contribution in [-0.2, 0) is 16.3 Å². The largest absolute Gasteiger partial charge is 0.321 e. The number of hydrogen-bond donors (Lipinski definition) is 1. The van der Waals surface area contributed by atoms with Crippen LogP contribution < -0.4 is 10.9 Å². The van der Waals surface area contributed by atoms with Crippen molar-refractivity contribution in [2.24, 2.45) is 4.36 Å². The van der Waals surface area contributed by atoms with Crippen molar-refractivity contribution in [2.75, 3.05) is 17.8 Å². The van der Waals surface area contributed by atoms with Crippen LogP contribution in [0.3, 0.4) is 0 Å². The highest BCUT2D eigenvalue weighted by Gasteiger charge is 2.19. The Kier molecular flexibility index (Phi) is 6.44. The molecule has 12 heteroatoms. The van der Waals surface area contributed by atoms with Gasteiger partial charge in [-0.15, -0.1) is 6.58 Å². The summed E-state index contributed by atoms with van der Waals surface area (Å²) >= 11 is 0. The lowest BCUT2D eigenvalue weighted by Crippen LogP contribution is -2.22. The van der Waals surface area contributed by atoms with E-state index in [-0.39, 0.29) is 12.1 Å². The second-order valence-corrected chi connectivity index (χ2v) is 11.7. The third-order valence-corrected chi connectivity index (χ3v) is 6.66. The smallest absolute Gasteiger partial charge is 0.278 e. The van der Waals surface area contributed by atoms with E-state index >= 15 is 0 Å². The molecule has 1 aliphatic rings. The van der Waals surface area contributed by atoms with Crippen molar-refractivity contribution in [1.82, 2.24) is 34.1 Å². The minimum Gasteiger partial charge on any atom is -0.321 e. The van der Waals surface area contributed by atoms with Crippen molar-refractivity contribution in [1.29, 1.82) is 0 Å². The van der Waals surface area contributed by atoms with Crippen LogP contribution in [0.4, 0.5) is 17.5 Å². The zero-order valence-electron chi connectivity index (χ0n) is 20.4. The fourth-order valence-electron chi connectivity index (χ4n) is 4.49. The minimum atomic E-state index is -2.41. The van der Waals surface area contributed by atoms with Gasteiger partial charge in [-0.2, -0.15) is 14.4 Å². The molecule has 4 heterocycles. The van der Waals surface area contributed by atoms with E-state index in [4.69, 9.17) is 0 Å². The van der Waals surface area contributed by atoms with E-state index in [1.54, 1.807) is 47.7 Å². The maximum absolute atomic E-state index is 13.2. The molecule has 0 unspecified atom stereocenters. The highest BCUT2D eigenvalue weighted by molar-refractivity contribution is 7.92. The second-order valence-electron chi connectivity index (χ2n) is 9.17. The van der Waals surface area contributed by atoms with Crippen molar-refractivity contribution >= 4 is 38.2 Å². The molecule has 0 bridgehead atoms. The van der Waals surface area contributed by atoms with Crippen LogP contribution in [-0.4, -0.2) is 50.8 Å². The second kappa shape index (κ2) is 9.69. The molecule has 0 aromatic carbocycles. The molecule has 0 saturated heterocycles. The first-order chi connectivity index (χ1) is 17.3. The molecule has 36 heavy (non-hydrogen) atoms. The van der Waals surface area contributed by atoms with Gasteiger partial charge >= 0.3 is 0 Å². The van der Waals surface area contributed by atoms with Gasteiger partial charge in [0.2, 0.25) is 5.95 Å². The van der Waals surface area contributed by atoms with Crippen molar-refractivity contribution < 1.29 is 4.21 Å². The Bertz CT molecular complexity index is 1590. The van der Waals surface area contributed by atoms with Gasteiger partial charge in [-0.05, 0) is 25.0 Å². The lowest BCUT2D eigenvalue weighted by molar-refractivity contribution is 0.329. The Labute approximate surface area is 209 Å². The van der Waals surface area contributed by atoms with Gasteiger partial charge in [-0.1, -0.05) is 31.4 Å². The maximum Gasteiger partial charge on any atom is 0.278 e. The summed E-state index contributed by atoms with van der Waals surface area (Å²) in [5.41, 5.74) is 0.900. The van der Waals surface area contributed by atoms with Crippen LogP contribution >= 0.6 is 0 Å². The molecule has 1 aliphatic carbocycles. The van der Waals surface area contributed by atoms with E-state index in [2.05, 4.69) is 36.3 Å². The first-order valence-corrected chi connectivity index (χ1v) is 14.2. The average molecular weight is 508 g/mol. The summed E-state index contributed by atoms with van der Waals surface area (Å²) in [6.07, 6.45) is 16.0. The standard InChI is InChI=1S/C24H29N9O2S/c1-4-13-32-23(34)19-15-25-24(27-17-14-26-31(16-17)18-9-6-5-7-10-18)29-22(19)33(32)21-12-8-11-20(28-21)30-36(2,3)35/h4,8,11-12,14-16,18H,1,5-7,9-10,13H2,2-3H3,(H,25,27,29). The van der Waals surface area contributed by atoms with E-state index in [0.29, 0.717) is 34.7 Å². The molecule has 11 nitrogen and oxygen atoms in total. The highest BCUT2D eigenvalue weighted by Crippen LogP contribution is 2.28. The lowest BCUT2D eigenvalue weighted by atomic mass is 9.96. The Morgan fingerprint density at radius 2 is 2.00 bits per heavy atom. The lowest BCUT2D eigenvalue weighted by Gasteiger charge is -2.21. The maximum atomic E-state index is 13.2. The van der Waals surface area contributed by atoms with Crippen molar-refractivity contribution in [2.45, 2.75) is 44.7 Å². The van der Waals surface area contributed by atoms with Crippen LogP contribution in [0.15, 0.2) is 58.6 Å². The van der Waals surface area contributed by atoms with E-state index < -0.39 is 9.73 Å². The molecule has 1 fully saturated rings. The molecule has 0 amide bonds. The third-order valence-electron chi connectivity index (χ3n) is 6.03. The summed E-state index contributed by atoms with van der Waals surface area (Å²) in [7, 11) is -2.41. The predicted molar refractivity (Wildman–Crippen MR) is 141 cm³/mol. The predicted octanol–water partition coefficient (Wildman–Crippen LogP) is 3.97. The van der Waals surface area contributed by atoms with Gasteiger partial charge < -0.3 is 5.32 Å². The van der Waals surface area contributed by atoms with Crippen molar-refractivity contribution in [3.8, 4) is 5.82 Å². The summed E-state index contributed by atoms with van der Waals surface area (Å²) in [5, 5.41) is 8.09. The fourth-order valence-corrected chi connectivity index (χ4v) is 5.04. The number of hydrogen-bond acceptors (Lipinski definition) is 8. The minimum absolute atomic E-state index is 0.244. The van der Waals surface area contributed by atoms with Crippen LogP contribution in [0.2, 0.25) is 0 Å². The molecule has 1 N–H and O–H groups in total. The molecule has 4 aromatic rings. The topological polar surface area (TPSA) is 125 Å². The van der Waals surface area contributed by atoms with E-state index in [1.165, 1.54) is 30.1 Å². The first kappa shape index (κ1) is 23.9. The number of nitrogens with one attached hydrogen (secondary N) is 1. The van der Waals surface area contributed by atoms with E-state index in [1.807, 2.05) is 10.9 Å². The van der Waals surface area contributed by atoms with Gasteiger partial charge in [0, 0.05) is 34.6 Å². The van der Waals surface area contributed by atoms with Gasteiger partial charge in [0.15, 0.2) is 17.3 Å². The zero-order valence-corrected chi connectivity index (χ0v) is 21.2. The number of aromatic nitrogens is 7. The van der Waals surface area contributed by atoms with Crippen LogP contribution in [0, 0.1) is 0 Å². The van der Waals surface area contributed by atoms with Gasteiger partial charge in [0.25, 0.3) is 5.56 Å². The Morgan fingerprint density at radius 1 is 1.19 bits per heavy atom. The molecular formula is C24H29N9O2S. The zero-order chi connectivity index (χ0) is 25.3. The quantitative estimate of drug-likeness (QED) is 0.375. The van der Waals surface area contributed by atoms with E-state index in [0.717, 1.165) is 18.5 Å². The monoisotopic (exact) mass is 507 g/mol. The van der Waals surface area contributed by atoms with Crippen molar-refractivity contribution in [3.63, 3.8) is 0 Å². The summed E-state index contributed by atoms with van der Waals surface area (Å²) in [6.45, 7) is 4.02. The summed E-state index contributed by atoms with van der Waals surface area (Å²) < 4.78 is 21.5. The summed E-state index contributed by atoms with van der Waals surface area (Å²) in [4.78, 5) is 26.7. The molecule has 0 radical (unpaired) electrons. The fraction of sp³-hybridized carbons (Fsp3) is 0.375. The van der Waals surface area contributed by atoms with E-state index in [9.17, 15) is 9.00 Å². The Hall–Kier alpha value is -3.80. The van der Waals surface area contributed by atoms with Gasteiger partial charge in [-0.25, -0.2) is 23.5 Å². The summed E-state index contributed by atoms with van der Waals surface area (Å²) in [5.74, 6) is 1.06. The normalized spacial score (nSPS) is 14.7. The molecule has 0 atom stereocenters. The molecule has 1 saturated carbocycles. The molecule has 0 aliphatic heterocycles. The van der Waals surface area contributed by atoms with Crippen LogP contribution in [0.1, 0.15) is 38.1 Å². The van der Waals surface area contributed by atoms with Crippen LogP contribution in [0.25, 0.3) is 16.9 Å². The Balaban J connectivity index is 1.56. The number of pyridine rings is 1. The number of rotatable bonds is 7. The number of allylic oxidation sites excluding steroid dienone is 1. The number of fused-ring (bicyclic) bond motifs is 1. The molecule has 0 spiro atoms. The van der Waals surface area contributed by atoms with Gasteiger partial charge in [0.05, 0.1) is 24.5 Å². The molecule has 4 aromatic heterocycles. The highest BCUT2D eigenvalue weighted by atomic mass is 32.2. The van der Waals surface area contributed by atoms with Gasteiger partial charge in [0.1, 0.15) is 5.39 Å².